The fourth-order valence-electron chi connectivity index (χ4n) is 1.59. The van der Waals surface area contributed by atoms with E-state index in [1.807, 2.05) is 24.5 Å². The Morgan fingerprint density at radius 1 is 1.25 bits per heavy atom. The third kappa shape index (κ3) is 4.36. The van der Waals surface area contributed by atoms with Crippen molar-refractivity contribution in [2.24, 2.45) is 0 Å². The Morgan fingerprint density at radius 3 is 2.80 bits per heavy atom. The van der Waals surface area contributed by atoms with Gasteiger partial charge in [0, 0.05) is 23.4 Å². The predicted molar refractivity (Wildman–Crippen MR) is 83.9 cm³/mol. The molecule has 0 fully saturated rings. The highest BCUT2D eigenvalue weighted by atomic mass is 35.5. The molecule has 104 valence electrons. The summed E-state index contributed by atoms with van der Waals surface area (Å²) >= 11 is 7.13. The number of benzene rings is 2. The Bertz CT molecular complexity index is 620. The number of rotatable bonds is 4. The van der Waals surface area contributed by atoms with Crippen molar-refractivity contribution in [1.82, 2.24) is 0 Å². The number of hydrogen-bond acceptors (Lipinski definition) is 2. The molecule has 0 aromatic heterocycles. The molecule has 0 amide bonds. The Hall–Kier alpha value is -1.85. The first kappa shape index (κ1) is 14.6. The maximum Gasteiger partial charge on any atom is 0.449 e. The van der Waals surface area contributed by atoms with Crippen molar-refractivity contribution in [1.29, 1.82) is 0 Å². The SMILES string of the molecule is CSOc1cccc([NH+]=C(O)Nc2cccc(Cl)c2)c1. The Balaban J connectivity index is 2.11. The number of aliphatic hydroxyl groups is 1. The smallest absolute Gasteiger partial charge is 0.447 e. The van der Waals surface area contributed by atoms with Gasteiger partial charge >= 0.3 is 6.02 Å². The van der Waals surface area contributed by atoms with Gasteiger partial charge in [-0.1, -0.05) is 23.7 Å². The van der Waals surface area contributed by atoms with E-state index in [2.05, 4.69) is 10.3 Å². The first-order valence-electron chi connectivity index (χ1n) is 5.83. The predicted octanol–water partition coefficient (Wildman–Crippen LogP) is 2.74. The maximum atomic E-state index is 9.87. The average Bonchev–Trinajstić information content (AvgIpc) is 2.39. The van der Waals surface area contributed by atoms with Gasteiger partial charge in [0.25, 0.3) is 0 Å². The fraction of sp³-hybridized carbons (Fsp3) is 0.0714. The summed E-state index contributed by atoms with van der Waals surface area (Å²) in [6.45, 7) is 0. The summed E-state index contributed by atoms with van der Waals surface area (Å²) in [5.41, 5.74) is 1.41. The maximum absolute atomic E-state index is 9.87. The molecule has 0 saturated heterocycles. The van der Waals surface area contributed by atoms with Gasteiger partial charge in [0.15, 0.2) is 0 Å². The molecule has 0 saturated carbocycles. The standard InChI is InChI=1S/C14H13ClN2O2S/c1-20-19-13-7-3-6-12(9-13)17-14(18)16-11-5-2-4-10(15)8-11/h2-9H,1H3,(H2,16,17,18)/p+1. The zero-order valence-corrected chi connectivity index (χ0v) is 12.3. The molecule has 0 bridgehead atoms. The summed E-state index contributed by atoms with van der Waals surface area (Å²) in [6, 6.07) is 14.3. The van der Waals surface area contributed by atoms with E-state index in [-0.39, 0.29) is 6.02 Å². The molecule has 2 aromatic rings. The average molecular weight is 310 g/mol. The largest absolute Gasteiger partial charge is 0.449 e. The van der Waals surface area contributed by atoms with Crippen LogP contribution in [0, 0.1) is 0 Å². The van der Waals surface area contributed by atoms with Crippen LogP contribution in [0.15, 0.2) is 48.5 Å². The highest BCUT2D eigenvalue weighted by molar-refractivity contribution is 7.94. The first-order chi connectivity index (χ1) is 9.67. The Labute approximate surface area is 126 Å². The van der Waals surface area contributed by atoms with Crippen LogP contribution in [0.4, 0.5) is 11.4 Å². The molecule has 4 nitrogen and oxygen atoms in total. The molecule has 0 heterocycles. The number of amidine groups is 1. The van der Waals surface area contributed by atoms with Gasteiger partial charge in [-0.25, -0.2) is 10.3 Å². The van der Waals surface area contributed by atoms with E-state index in [0.29, 0.717) is 22.1 Å². The summed E-state index contributed by atoms with van der Waals surface area (Å²) in [4.78, 5) is 2.84. The molecule has 0 unspecified atom stereocenters. The molecule has 3 N–H and O–H groups in total. The molecule has 2 aromatic carbocycles. The van der Waals surface area contributed by atoms with Crippen molar-refractivity contribution >= 4 is 41.0 Å². The van der Waals surface area contributed by atoms with Crippen molar-refractivity contribution in [3.05, 3.63) is 53.6 Å². The van der Waals surface area contributed by atoms with Crippen LogP contribution in [0.25, 0.3) is 0 Å². The molecule has 0 aliphatic rings. The van der Waals surface area contributed by atoms with Gasteiger partial charge in [0.1, 0.15) is 17.1 Å². The van der Waals surface area contributed by atoms with Gasteiger partial charge in [0.2, 0.25) is 0 Å². The van der Waals surface area contributed by atoms with Crippen molar-refractivity contribution in [2.75, 3.05) is 11.6 Å². The quantitative estimate of drug-likeness (QED) is 0.462. The summed E-state index contributed by atoms with van der Waals surface area (Å²) in [5, 5.41) is 13.3. The minimum absolute atomic E-state index is 0.0893. The van der Waals surface area contributed by atoms with E-state index in [0.717, 1.165) is 0 Å². The summed E-state index contributed by atoms with van der Waals surface area (Å²) in [5.74, 6) is 0.707. The molecule has 6 heteroatoms. The van der Waals surface area contributed by atoms with E-state index in [1.165, 1.54) is 12.0 Å². The normalized spacial score (nSPS) is 11.2. The number of hydrogen-bond donors (Lipinski definition) is 3. The second-order valence-electron chi connectivity index (χ2n) is 3.89. The van der Waals surface area contributed by atoms with Crippen LogP contribution in [-0.4, -0.2) is 17.4 Å². The second kappa shape index (κ2) is 7.07. The monoisotopic (exact) mass is 309 g/mol. The summed E-state index contributed by atoms with van der Waals surface area (Å²) in [7, 11) is 0. The molecular formula is C14H14ClN2O2S+. The third-order valence-corrected chi connectivity index (χ3v) is 2.96. The lowest BCUT2D eigenvalue weighted by Gasteiger charge is -2.01. The lowest BCUT2D eigenvalue weighted by molar-refractivity contribution is -0.365. The summed E-state index contributed by atoms with van der Waals surface area (Å²) in [6.07, 6.45) is 1.84. The van der Waals surface area contributed by atoms with E-state index in [4.69, 9.17) is 15.8 Å². The Morgan fingerprint density at radius 2 is 2.05 bits per heavy atom. The topological polar surface area (TPSA) is 55.5 Å². The van der Waals surface area contributed by atoms with Crippen LogP contribution >= 0.6 is 23.6 Å². The van der Waals surface area contributed by atoms with E-state index in [9.17, 15) is 5.11 Å². The zero-order valence-electron chi connectivity index (χ0n) is 10.8. The van der Waals surface area contributed by atoms with Crippen molar-refractivity contribution < 1.29 is 14.3 Å². The van der Waals surface area contributed by atoms with Crippen LogP contribution < -0.4 is 14.5 Å². The highest BCUT2D eigenvalue weighted by Crippen LogP contribution is 2.17. The number of anilines is 1. The number of nitrogens with one attached hydrogen (secondary N) is 2. The second-order valence-corrected chi connectivity index (χ2v) is 4.82. The molecular weight excluding hydrogens is 296 g/mol. The molecule has 0 aliphatic carbocycles. The van der Waals surface area contributed by atoms with Gasteiger partial charge < -0.3 is 9.29 Å². The van der Waals surface area contributed by atoms with Gasteiger partial charge in [-0.2, -0.15) is 0 Å². The number of aliphatic hydroxyl groups excluding tert-OH is 1. The van der Waals surface area contributed by atoms with Crippen LogP contribution in [0.2, 0.25) is 5.02 Å². The van der Waals surface area contributed by atoms with Crippen molar-refractivity contribution in [2.45, 2.75) is 0 Å². The van der Waals surface area contributed by atoms with Crippen molar-refractivity contribution in [3.63, 3.8) is 0 Å². The van der Waals surface area contributed by atoms with Crippen LogP contribution in [0.5, 0.6) is 5.75 Å². The van der Waals surface area contributed by atoms with Gasteiger partial charge in [-0.15, -0.1) is 0 Å². The lowest BCUT2D eigenvalue weighted by atomic mass is 10.3. The van der Waals surface area contributed by atoms with Crippen LogP contribution in [-0.2, 0) is 0 Å². The molecule has 20 heavy (non-hydrogen) atoms. The minimum Gasteiger partial charge on any atom is -0.447 e. The molecule has 0 radical (unpaired) electrons. The molecule has 0 atom stereocenters. The summed E-state index contributed by atoms with van der Waals surface area (Å²) < 4.78 is 5.31. The van der Waals surface area contributed by atoms with E-state index in [1.54, 1.807) is 30.3 Å². The molecule has 2 rings (SSSR count). The Kier molecular flexibility index (Phi) is 5.15. The van der Waals surface area contributed by atoms with Gasteiger partial charge in [-0.3, -0.25) is 0 Å². The first-order valence-corrected chi connectivity index (χ1v) is 7.36. The van der Waals surface area contributed by atoms with E-state index >= 15 is 0 Å². The third-order valence-electron chi connectivity index (χ3n) is 2.36. The van der Waals surface area contributed by atoms with Crippen LogP contribution in [0.3, 0.4) is 0 Å². The minimum atomic E-state index is -0.0893. The molecule has 0 spiro atoms. The molecule has 0 aliphatic heterocycles. The van der Waals surface area contributed by atoms with Gasteiger partial charge in [-0.05, 0) is 24.3 Å². The van der Waals surface area contributed by atoms with Crippen molar-refractivity contribution in [3.8, 4) is 5.75 Å². The highest BCUT2D eigenvalue weighted by Gasteiger charge is 2.06. The van der Waals surface area contributed by atoms with Gasteiger partial charge in [0.05, 0.1) is 12.0 Å². The fourth-order valence-corrected chi connectivity index (χ4v) is 2.08. The van der Waals surface area contributed by atoms with E-state index < -0.39 is 0 Å². The zero-order chi connectivity index (χ0) is 14.4. The number of halogens is 1. The van der Waals surface area contributed by atoms with Crippen LogP contribution in [0.1, 0.15) is 0 Å². The lowest BCUT2D eigenvalue weighted by Crippen LogP contribution is -2.68.